The first kappa shape index (κ1) is 11.1. The van der Waals surface area contributed by atoms with Gasteiger partial charge in [0.2, 0.25) is 11.8 Å². The fourth-order valence-electron chi connectivity index (χ4n) is 1.84. The van der Waals surface area contributed by atoms with Crippen molar-refractivity contribution in [1.29, 1.82) is 0 Å². The van der Waals surface area contributed by atoms with Crippen LogP contribution in [0.4, 0.5) is 0 Å². The van der Waals surface area contributed by atoms with E-state index in [0.717, 1.165) is 4.88 Å². The summed E-state index contributed by atoms with van der Waals surface area (Å²) in [6.45, 7) is 3.82. The summed E-state index contributed by atoms with van der Waals surface area (Å²) >= 11 is 1.60. The summed E-state index contributed by atoms with van der Waals surface area (Å²) in [7, 11) is 0. The quantitative estimate of drug-likeness (QED) is 0.840. The number of amides is 2. The average molecular weight is 238 g/mol. The van der Waals surface area contributed by atoms with Crippen molar-refractivity contribution < 1.29 is 9.59 Å². The average Bonchev–Trinajstić information content (AvgIpc) is 2.75. The Morgan fingerprint density at radius 3 is 2.94 bits per heavy atom. The minimum absolute atomic E-state index is 0.0134. The maximum absolute atomic E-state index is 11.9. The standard InChI is InChI=1S/C11H14N2O2S/c1-7-11(15)13(6-10(14)12-7)8(2)9-4-3-5-16-9/h3-5,7-8H,6H2,1-2H3,(H,12,14). The summed E-state index contributed by atoms with van der Waals surface area (Å²) in [5.41, 5.74) is 0. The lowest BCUT2D eigenvalue weighted by Crippen LogP contribution is -2.57. The second-order valence-electron chi connectivity index (χ2n) is 3.95. The highest BCUT2D eigenvalue weighted by atomic mass is 32.1. The molecule has 4 nitrogen and oxygen atoms in total. The van der Waals surface area contributed by atoms with Crippen LogP contribution in [0.15, 0.2) is 17.5 Å². The van der Waals surface area contributed by atoms with E-state index < -0.39 is 6.04 Å². The molecule has 2 amide bonds. The van der Waals surface area contributed by atoms with Gasteiger partial charge in [0.1, 0.15) is 12.6 Å². The summed E-state index contributed by atoms with van der Waals surface area (Å²) in [6, 6.07) is 3.50. The molecule has 2 unspecified atom stereocenters. The van der Waals surface area contributed by atoms with Crippen molar-refractivity contribution in [3.63, 3.8) is 0 Å². The maximum atomic E-state index is 11.9. The fraction of sp³-hybridized carbons (Fsp3) is 0.455. The predicted molar refractivity (Wildman–Crippen MR) is 62.1 cm³/mol. The zero-order valence-electron chi connectivity index (χ0n) is 9.27. The third kappa shape index (κ3) is 1.95. The lowest BCUT2D eigenvalue weighted by molar-refractivity contribution is -0.145. The highest BCUT2D eigenvalue weighted by Gasteiger charge is 2.33. The van der Waals surface area contributed by atoms with Crippen molar-refractivity contribution in [3.05, 3.63) is 22.4 Å². The Labute approximate surface area is 98.3 Å². The number of hydrogen-bond donors (Lipinski definition) is 1. The lowest BCUT2D eigenvalue weighted by atomic mass is 10.1. The number of carbonyl (C=O) groups is 2. The van der Waals surface area contributed by atoms with Crippen LogP contribution in [0.5, 0.6) is 0 Å². The van der Waals surface area contributed by atoms with Crippen molar-refractivity contribution in [1.82, 2.24) is 10.2 Å². The Morgan fingerprint density at radius 1 is 1.56 bits per heavy atom. The number of nitrogens with one attached hydrogen (secondary N) is 1. The van der Waals surface area contributed by atoms with Crippen LogP contribution >= 0.6 is 11.3 Å². The smallest absolute Gasteiger partial charge is 0.245 e. The van der Waals surface area contributed by atoms with E-state index in [4.69, 9.17) is 0 Å². The van der Waals surface area contributed by atoms with Crippen LogP contribution in [-0.2, 0) is 9.59 Å². The largest absolute Gasteiger partial charge is 0.343 e. The molecule has 1 aromatic heterocycles. The first-order valence-corrected chi connectivity index (χ1v) is 6.11. The van der Waals surface area contributed by atoms with Gasteiger partial charge in [0.15, 0.2) is 0 Å². The summed E-state index contributed by atoms with van der Waals surface area (Å²) < 4.78 is 0. The highest BCUT2D eigenvalue weighted by Crippen LogP contribution is 2.25. The third-order valence-corrected chi connectivity index (χ3v) is 3.81. The number of nitrogens with zero attached hydrogens (tertiary/aromatic N) is 1. The molecule has 2 rings (SSSR count). The van der Waals surface area contributed by atoms with E-state index in [-0.39, 0.29) is 24.4 Å². The van der Waals surface area contributed by atoms with Gasteiger partial charge in [-0.1, -0.05) is 6.07 Å². The molecular formula is C11H14N2O2S. The summed E-state index contributed by atoms with van der Waals surface area (Å²) in [6.07, 6.45) is 0. The molecule has 1 aliphatic rings. The molecule has 1 aromatic rings. The molecule has 1 N–H and O–H groups in total. The summed E-state index contributed by atoms with van der Waals surface area (Å²) in [5.74, 6) is -0.101. The normalized spacial score (nSPS) is 23.1. The van der Waals surface area contributed by atoms with Gasteiger partial charge in [-0.25, -0.2) is 0 Å². The highest BCUT2D eigenvalue weighted by molar-refractivity contribution is 7.10. The molecule has 1 fully saturated rings. The molecule has 16 heavy (non-hydrogen) atoms. The van der Waals surface area contributed by atoms with Gasteiger partial charge in [0, 0.05) is 4.88 Å². The van der Waals surface area contributed by atoms with Crippen LogP contribution in [0.2, 0.25) is 0 Å². The van der Waals surface area contributed by atoms with Crippen LogP contribution < -0.4 is 5.32 Å². The molecule has 0 saturated carbocycles. The Hall–Kier alpha value is -1.36. The summed E-state index contributed by atoms with van der Waals surface area (Å²) in [4.78, 5) is 26.1. The predicted octanol–water partition coefficient (Wildman–Crippen LogP) is 1.16. The minimum Gasteiger partial charge on any atom is -0.343 e. The summed E-state index contributed by atoms with van der Waals surface area (Å²) in [5, 5.41) is 4.61. The molecule has 1 aliphatic heterocycles. The lowest BCUT2D eigenvalue weighted by Gasteiger charge is -2.34. The molecule has 0 bridgehead atoms. The number of piperazine rings is 1. The monoisotopic (exact) mass is 238 g/mol. The van der Waals surface area contributed by atoms with Gasteiger partial charge in [-0.15, -0.1) is 11.3 Å². The van der Waals surface area contributed by atoms with Gasteiger partial charge in [0.25, 0.3) is 0 Å². The van der Waals surface area contributed by atoms with Gasteiger partial charge in [-0.3, -0.25) is 9.59 Å². The van der Waals surface area contributed by atoms with Crippen LogP contribution in [-0.4, -0.2) is 29.3 Å². The number of carbonyl (C=O) groups excluding carboxylic acids is 2. The molecule has 0 aliphatic carbocycles. The van der Waals surface area contributed by atoms with E-state index >= 15 is 0 Å². The zero-order valence-corrected chi connectivity index (χ0v) is 10.1. The van der Waals surface area contributed by atoms with Gasteiger partial charge in [-0.05, 0) is 25.3 Å². The molecule has 5 heteroatoms. The fourth-order valence-corrected chi connectivity index (χ4v) is 2.64. The number of thiophene rings is 1. The van der Waals surface area contributed by atoms with Crippen molar-refractivity contribution >= 4 is 23.2 Å². The Morgan fingerprint density at radius 2 is 2.31 bits per heavy atom. The van der Waals surface area contributed by atoms with Gasteiger partial charge in [-0.2, -0.15) is 0 Å². The van der Waals surface area contributed by atoms with Crippen molar-refractivity contribution in [2.24, 2.45) is 0 Å². The van der Waals surface area contributed by atoms with Crippen LogP contribution in [0.25, 0.3) is 0 Å². The van der Waals surface area contributed by atoms with Crippen molar-refractivity contribution in [3.8, 4) is 0 Å². The molecular weight excluding hydrogens is 224 g/mol. The molecule has 2 heterocycles. The van der Waals surface area contributed by atoms with E-state index in [2.05, 4.69) is 5.32 Å². The van der Waals surface area contributed by atoms with Gasteiger partial charge < -0.3 is 10.2 Å². The first-order valence-electron chi connectivity index (χ1n) is 5.23. The van der Waals surface area contributed by atoms with Crippen LogP contribution in [0.1, 0.15) is 24.8 Å². The molecule has 86 valence electrons. The molecule has 0 spiro atoms. The zero-order chi connectivity index (χ0) is 11.7. The second-order valence-corrected chi connectivity index (χ2v) is 4.93. The van der Waals surface area contributed by atoms with E-state index in [1.54, 1.807) is 23.2 Å². The Balaban J connectivity index is 2.19. The minimum atomic E-state index is -0.413. The maximum Gasteiger partial charge on any atom is 0.245 e. The SMILES string of the molecule is CC1NC(=O)CN(C(C)c2cccs2)C1=O. The Kier molecular flexibility index (Phi) is 2.96. The van der Waals surface area contributed by atoms with Crippen molar-refractivity contribution in [2.75, 3.05) is 6.54 Å². The first-order chi connectivity index (χ1) is 7.59. The van der Waals surface area contributed by atoms with Gasteiger partial charge >= 0.3 is 0 Å². The van der Waals surface area contributed by atoms with Gasteiger partial charge in [0.05, 0.1) is 6.04 Å². The van der Waals surface area contributed by atoms with Crippen molar-refractivity contribution in [2.45, 2.75) is 25.9 Å². The second kappa shape index (κ2) is 4.25. The molecule has 2 atom stereocenters. The number of rotatable bonds is 2. The van der Waals surface area contributed by atoms with E-state index in [1.807, 2.05) is 24.4 Å². The van der Waals surface area contributed by atoms with Crippen LogP contribution in [0.3, 0.4) is 0 Å². The van der Waals surface area contributed by atoms with E-state index in [1.165, 1.54) is 0 Å². The molecule has 0 aromatic carbocycles. The molecule has 1 saturated heterocycles. The van der Waals surface area contributed by atoms with E-state index in [9.17, 15) is 9.59 Å². The molecule has 0 radical (unpaired) electrons. The van der Waals surface area contributed by atoms with E-state index in [0.29, 0.717) is 0 Å². The Bertz CT molecular complexity index is 402. The number of hydrogen-bond acceptors (Lipinski definition) is 3. The topological polar surface area (TPSA) is 49.4 Å². The van der Waals surface area contributed by atoms with Crippen LogP contribution in [0, 0.1) is 0 Å². The third-order valence-electron chi connectivity index (χ3n) is 2.77.